The molecule has 0 saturated heterocycles. The summed E-state index contributed by atoms with van der Waals surface area (Å²) < 4.78 is 16.9. The number of hydrogen-bond donors (Lipinski definition) is 0. The van der Waals surface area contributed by atoms with E-state index in [2.05, 4.69) is 15.9 Å². The van der Waals surface area contributed by atoms with Crippen LogP contribution in [0, 0.1) is 0 Å². The number of para-hydroxylation sites is 1. The Morgan fingerprint density at radius 2 is 2.00 bits per heavy atom. The first-order valence-electron chi connectivity index (χ1n) is 7.37. The molecule has 24 heavy (non-hydrogen) atoms. The van der Waals surface area contributed by atoms with Crippen LogP contribution in [0.25, 0.3) is 0 Å². The maximum Gasteiger partial charge on any atom is 0.347 e. The minimum absolute atomic E-state index is 0.0846. The zero-order valence-electron chi connectivity index (χ0n) is 13.4. The van der Waals surface area contributed by atoms with Gasteiger partial charge in [-0.05, 0) is 36.8 Å². The van der Waals surface area contributed by atoms with Gasteiger partial charge in [0.25, 0.3) is 0 Å². The molecule has 2 aromatic carbocycles. The van der Waals surface area contributed by atoms with E-state index in [1.54, 1.807) is 36.4 Å². The largest absolute Gasteiger partial charge is 0.493 e. The van der Waals surface area contributed by atoms with Crippen molar-refractivity contribution < 1.29 is 23.8 Å². The van der Waals surface area contributed by atoms with E-state index in [0.29, 0.717) is 28.9 Å². The molecule has 0 atom stereocenters. The molecule has 5 nitrogen and oxygen atoms in total. The van der Waals surface area contributed by atoms with Crippen molar-refractivity contribution >= 4 is 28.2 Å². The second-order valence-corrected chi connectivity index (χ2v) is 5.79. The van der Waals surface area contributed by atoms with Gasteiger partial charge < -0.3 is 14.2 Å². The Morgan fingerprint density at radius 3 is 2.67 bits per heavy atom. The van der Waals surface area contributed by atoms with Crippen LogP contribution in [0.2, 0.25) is 0 Å². The molecule has 0 aliphatic rings. The molecule has 2 rings (SSSR count). The van der Waals surface area contributed by atoms with E-state index in [1.165, 1.54) is 7.11 Å². The van der Waals surface area contributed by atoms with E-state index >= 15 is 0 Å². The number of halogens is 1. The summed E-state index contributed by atoms with van der Waals surface area (Å²) in [4.78, 5) is 23.8. The molecular weight excluding hydrogens is 376 g/mol. The lowest BCUT2D eigenvalue weighted by atomic mass is 10.2. The number of esters is 1. The van der Waals surface area contributed by atoms with Crippen LogP contribution in [-0.4, -0.2) is 26.0 Å². The molecule has 0 radical (unpaired) electrons. The van der Waals surface area contributed by atoms with Crippen LogP contribution in [0.3, 0.4) is 0 Å². The van der Waals surface area contributed by atoms with Crippen molar-refractivity contribution in [2.24, 2.45) is 0 Å². The predicted octanol–water partition coefficient (Wildman–Crippen LogP) is 4.28. The number of methoxy groups -OCH3 is 1. The first-order chi connectivity index (χ1) is 11.6. The van der Waals surface area contributed by atoms with Crippen LogP contribution in [0.1, 0.15) is 34.1 Å². The van der Waals surface area contributed by atoms with E-state index in [4.69, 9.17) is 14.2 Å². The maximum absolute atomic E-state index is 12.6. The summed E-state index contributed by atoms with van der Waals surface area (Å²) in [5, 5.41) is 0. The van der Waals surface area contributed by atoms with Crippen LogP contribution < -0.4 is 14.2 Å². The summed E-state index contributed by atoms with van der Waals surface area (Å²) in [7, 11) is 1.44. The van der Waals surface area contributed by atoms with E-state index in [1.807, 2.05) is 6.92 Å². The van der Waals surface area contributed by atoms with E-state index in [-0.39, 0.29) is 16.9 Å². The third-order valence-corrected chi connectivity index (χ3v) is 3.67. The minimum Gasteiger partial charge on any atom is -0.493 e. The Bertz CT molecular complexity index is 742. The SMILES string of the molecule is CCCOc1ccc(Br)cc1C(=O)Oc1c(C=O)cccc1OC. The lowest BCUT2D eigenvalue weighted by Gasteiger charge is -2.13. The Labute approximate surface area is 148 Å². The first kappa shape index (κ1) is 18.0. The van der Waals surface area contributed by atoms with Gasteiger partial charge in [0, 0.05) is 4.47 Å². The zero-order chi connectivity index (χ0) is 17.5. The van der Waals surface area contributed by atoms with Gasteiger partial charge in [0.2, 0.25) is 0 Å². The molecule has 0 aliphatic heterocycles. The van der Waals surface area contributed by atoms with Crippen molar-refractivity contribution in [2.45, 2.75) is 13.3 Å². The van der Waals surface area contributed by atoms with E-state index in [9.17, 15) is 9.59 Å². The van der Waals surface area contributed by atoms with Gasteiger partial charge in [-0.25, -0.2) is 4.79 Å². The molecule has 0 spiro atoms. The fraction of sp³-hybridized carbons (Fsp3) is 0.222. The van der Waals surface area contributed by atoms with Gasteiger partial charge >= 0.3 is 5.97 Å². The number of rotatable bonds is 7. The highest BCUT2D eigenvalue weighted by molar-refractivity contribution is 9.10. The monoisotopic (exact) mass is 392 g/mol. The average molecular weight is 393 g/mol. The fourth-order valence-electron chi connectivity index (χ4n) is 2.04. The molecule has 0 aliphatic carbocycles. The summed E-state index contributed by atoms with van der Waals surface area (Å²) in [5.74, 6) is 0.183. The molecular formula is C18H17BrO5. The smallest absolute Gasteiger partial charge is 0.347 e. The number of ether oxygens (including phenoxy) is 3. The number of carbonyl (C=O) groups excluding carboxylic acids is 2. The minimum atomic E-state index is -0.630. The second kappa shape index (κ2) is 8.49. The predicted molar refractivity (Wildman–Crippen MR) is 93.3 cm³/mol. The van der Waals surface area contributed by atoms with Crippen molar-refractivity contribution in [1.82, 2.24) is 0 Å². The van der Waals surface area contributed by atoms with E-state index in [0.717, 1.165) is 6.42 Å². The molecule has 6 heteroatoms. The number of hydrogen-bond acceptors (Lipinski definition) is 5. The topological polar surface area (TPSA) is 61.8 Å². The number of benzene rings is 2. The Kier molecular flexibility index (Phi) is 6.37. The van der Waals surface area contributed by atoms with Gasteiger partial charge in [-0.1, -0.05) is 28.9 Å². The molecule has 0 saturated carbocycles. The Hall–Kier alpha value is -2.34. The van der Waals surface area contributed by atoms with Crippen LogP contribution in [-0.2, 0) is 0 Å². The second-order valence-electron chi connectivity index (χ2n) is 4.87. The molecule has 2 aromatic rings. The molecule has 0 aromatic heterocycles. The molecule has 0 unspecified atom stereocenters. The first-order valence-corrected chi connectivity index (χ1v) is 8.16. The quantitative estimate of drug-likeness (QED) is 0.399. The molecule has 0 N–H and O–H groups in total. The fourth-order valence-corrected chi connectivity index (χ4v) is 2.40. The van der Waals surface area contributed by atoms with E-state index < -0.39 is 5.97 Å². The normalized spacial score (nSPS) is 10.1. The number of aldehydes is 1. The molecule has 0 heterocycles. The van der Waals surface area contributed by atoms with Crippen molar-refractivity contribution in [3.63, 3.8) is 0 Å². The highest BCUT2D eigenvalue weighted by Crippen LogP contribution is 2.32. The van der Waals surface area contributed by atoms with Crippen molar-refractivity contribution in [3.05, 3.63) is 52.0 Å². The summed E-state index contributed by atoms with van der Waals surface area (Å²) >= 11 is 3.33. The third kappa shape index (κ3) is 4.14. The highest BCUT2D eigenvalue weighted by Gasteiger charge is 2.20. The van der Waals surface area contributed by atoms with Crippen molar-refractivity contribution in [2.75, 3.05) is 13.7 Å². The van der Waals surface area contributed by atoms with Gasteiger partial charge in [0.15, 0.2) is 17.8 Å². The average Bonchev–Trinajstić information content (AvgIpc) is 2.60. The summed E-state index contributed by atoms with van der Waals surface area (Å²) in [6.45, 7) is 2.46. The van der Waals surface area contributed by atoms with Crippen LogP contribution in [0.5, 0.6) is 17.2 Å². The number of carbonyl (C=O) groups is 2. The molecule has 0 fully saturated rings. The van der Waals surface area contributed by atoms with Gasteiger partial charge in [-0.15, -0.1) is 0 Å². The zero-order valence-corrected chi connectivity index (χ0v) is 15.0. The van der Waals surface area contributed by atoms with Gasteiger partial charge in [0.05, 0.1) is 19.3 Å². The Morgan fingerprint density at radius 1 is 1.21 bits per heavy atom. The molecule has 0 amide bonds. The molecule has 0 bridgehead atoms. The van der Waals surface area contributed by atoms with Crippen LogP contribution in [0.15, 0.2) is 40.9 Å². The third-order valence-electron chi connectivity index (χ3n) is 3.17. The van der Waals surface area contributed by atoms with Gasteiger partial charge in [-0.2, -0.15) is 0 Å². The lowest BCUT2D eigenvalue weighted by Crippen LogP contribution is -2.13. The highest BCUT2D eigenvalue weighted by atomic mass is 79.9. The van der Waals surface area contributed by atoms with Crippen molar-refractivity contribution in [1.29, 1.82) is 0 Å². The van der Waals surface area contributed by atoms with Gasteiger partial charge in [-0.3, -0.25) is 4.79 Å². The van der Waals surface area contributed by atoms with Crippen LogP contribution in [0.4, 0.5) is 0 Å². The Balaban J connectivity index is 2.37. The van der Waals surface area contributed by atoms with Gasteiger partial charge in [0.1, 0.15) is 11.3 Å². The maximum atomic E-state index is 12.6. The standard InChI is InChI=1S/C18H17BrO5/c1-3-9-23-15-8-7-13(19)10-14(15)18(21)24-17-12(11-20)5-4-6-16(17)22-2/h4-8,10-11H,3,9H2,1-2H3. The summed E-state index contributed by atoms with van der Waals surface area (Å²) in [6.07, 6.45) is 1.42. The lowest BCUT2D eigenvalue weighted by molar-refractivity contribution is 0.0723. The van der Waals surface area contributed by atoms with Crippen LogP contribution >= 0.6 is 15.9 Å². The summed E-state index contributed by atoms with van der Waals surface area (Å²) in [6, 6.07) is 9.90. The molecule has 126 valence electrons. The summed E-state index contributed by atoms with van der Waals surface area (Å²) in [5.41, 5.74) is 0.495. The van der Waals surface area contributed by atoms with Crippen molar-refractivity contribution in [3.8, 4) is 17.2 Å².